The zero-order valence-corrected chi connectivity index (χ0v) is 11.1. The second kappa shape index (κ2) is 6.49. The molecule has 0 aromatic heterocycles. The van der Waals surface area contributed by atoms with E-state index in [2.05, 4.69) is 5.32 Å². The average molecular weight is 273 g/mol. The number of aromatic hydroxyl groups is 1. The van der Waals surface area contributed by atoms with Gasteiger partial charge in [-0.2, -0.15) is 0 Å². The minimum Gasteiger partial charge on any atom is -0.507 e. The fourth-order valence-electron chi connectivity index (χ4n) is 1.45. The predicted molar refractivity (Wildman–Crippen MR) is 68.5 cm³/mol. The van der Waals surface area contributed by atoms with Crippen molar-refractivity contribution in [3.63, 3.8) is 0 Å². The van der Waals surface area contributed by atoms with E-state index in [9.17, 15) is 18.5 Å². The number of hydrogen-bond donors (Lipinski definition) is 2. The molecule has 0 heterocycles. The molecule has 2 unspecified atom stereocenters. The van der Waals surface area contributed by atoms with Gasteiger partial charge in [0, 0.05) is 28.9 Å². The van der Waals surface area contributed by atoms with Gasteiger partial charge in [-0.25, -0.2) is 4.39 Å². The van der Waals surface area contributed by atoms with Crippen molar-refractivity contribution in [2.24, 2.45) is 0 Å². The molecule has 0 fully saturated rings. The van der Waals surface area contributed by atoms with Crippen LogP contribution in [0, 0.1) is 5.82 Å². The number of benzene rings is 1. The highest BCUT2D eigenvalue weighted by molar-refractivity contribution is 7.84. The number of rotatable bonds is 5. The van der Waals surface area contributed by atoms with Crippen LogP contribution in [0.3, 0.4) is 0 Å². The summed E-state index contributed by atoms with van der Waals surface area (Å²) in [6.07, 6.45) is 2.11. The standard InChI is InChI=1S/C12H16FNO3S/c1-8(6-7-18(2)17)14-12(16)11-9(13)4-3-5-10(11)15/h3-5,8,15H,6-7H2,1-2H3,(H,14,16). The first-order valence-electron chi connectivity index (χ1n) is 5.50. The van der Waals surface area contributed by atoms with E-state index in [1.165, 1.54) is 12.1 Å². The van der Waals surface area contributed by atoms with E-state index in [0.29, 0.717) is 12.2 Å². The van der Waals surface area contributed by atoms with Gasteiger partial charge in [0.05, 0.1) is 0 Å². The van der Waals surface area contributed by atoms with Crippen LogP contribution in [0.25, 0.3) is 0 Å². The number of hydrogen-bond acceptors (Lipinski definition) is 3. The molecule has 1 aromatic carbocycles. The second-order valence-electron chi connectivity index (χ2n) is 4.07. The van der Waals surface area contributed by atoms with Crippen molar-refractivity contribution in [1.82, 2.24) is 5.32 Å². The van der Waals surface area contributed by atoms with Crippen LogP contribution in [0.15, 0.2) is 18.2 Å². The van der Waals surface area contributed by atoms with Crippen LogP contribution < -0.4 is 5.32 Å². The molecule has 1 rings (SSSR count). The molecule has 1 aromatic rings. The SMILES string of the molecule is CC(CCS(C)=O)NC(=O)c1c(O)cccc1F. The van der Waals surface area contributed by atoms with Gasteiger partial charge in [-0.15, -0.1) is 0 Å². The van der Waals surface area contributed by atoms with Crippen molar-refractivity contribution in [1.29, 1.82) is 0 Å². The van der Waals surface area contributed by atoms with Gasteiger partial charge < -0.3 is 10.4 Å². The number of amides is 1. The molecule has 1 amide bonds. The summed E-state index contributed by atoms with van der Waals surface area (Å²) in [7, 11) is -0.929. The first-order chi connectivity index (χ1) is 8.41. The third-order valence-corrected chi connectivity index (χ3v) is 3.25. The highest BCUT2D eigenvalue weighted by Crippen LogP contribution is 2.19. The molecule has 0 aliphatic carbocycles. The number of carbonyl (C=O) groups excluding carboxylic acids is 1. The van der Waals surface area contributed by atoms with Crippen LogP contribution >= 0.6 is 0 Å². The first kappa shape index (κ1) is 14.6. The summed E-state index contributed by atoms with van der Waals surface area (Å²) in [5.41, 5.74) is -0.359. The maximum absolute atomic E-state index is 13.4. The predicted octanol–water partition coefficient (Wildman–Crippen LogP) is 1.42. The van der Waals surface area contributed by atoms with Crippen LogP contribution in [0.1, 0.15) is 23.7 Å². The van der Waals surface area contributed by atoms with Gasteiger partial charge >= 0.3 is 0 Å². The summed E-state index contributed by atoms with van der Waals surface area (Å²) in [5, 5.41) is 12.0. The van der Waals surface area contributed by atoms with Crippen LogP contribution in [0.5, 0.6) is 5.75 Å². The van der Waals surface area contributed by atoms with E-state index in [1.807, 2.05) is 0 Å². The van der Waals surface area contributed by atoms with Gasteiger partial charge in [0.25, 0.3) is 5.91 Å². The summed E-state index contributed by atoms with van der Waals surface area (Å²) < 4.78 is 24.3. The van der Waals surface area contributed by atoms with E-state index >= 15 is 0 Å². The van der Waals surface area contributed by atoms with Crippen LogP contribution in [-0.2, 0) is 10.8 Å². The smallest absolute Gasteiger partial charge is 0.258 e. The Morgan fingerprint density at radius 1 is 1.56 bits per heavy atom. The van der Waals surface area contributed by atoms with E-state index in [0.717, 1.165) is 6.07 Å². The molecule has 0 saturated heterocycles. The Bertz CT molecular complexity index is 444. The Kier molecular flexibility index (Phi) is 5.27. The fraction of sp³-hybridized carbons (Fsp3) is 0.417. The van der Waals surface area contributed by atoms with Crippen LogP contribution in [0.4, 0.5) is 4.39 Å². The van der Waals surface area contributed by atoms with Crippen molar-refractivity contribution >= 4 is 16.7 Å². The number of nitrogens with one attached hydrogen (secondary N) is 1. The molecule has 0 spiro atoms. The van der Waals surface area contributed by atoms with Gasteiger partial charge in [-0.05, 0) is 25.5 Å². The molecule has 18 heavy (non-hydrogen) atoms. The largest absolute Gasteiger partial charge is 0.507 e. The topological polar surface area (TPSA) is 66.4 Å². The molecule has 0 bridgehead atoms. The summed E-state index contributed by atoms with van der Waals surface area (Å²) in [5.74, 6) is -1.36. The van der Waals surface area contributed by atoms with Gasteiger partial charge in [0.2, 0.25) is 0 Å². The highest BCUT2D eigenvalue weighted by Gasteiger charge is 2.18. The molecule has 0 saturated carbocycles. The minimum absolute atomic E-state index is 0.236. The van der Waals surface area contributed by atoms with Gasteiger partial charge in [-0.3, -0.25) is 9.00 Å². The molecule has 0 aliphatic rings. The molecule has 2 N–H and O–H groups in total. The Labute approximate surface area is 108 Å². The molecule has 2 atom stereocenters. The van der Waals surface area contributed by atoms with E-state index in [4.69, 9.17) is 0 Å². The zero-order chi connectivity index (χ0) is 13.7. The van der Waals surface area contributed by atoms with Crippen molar-refractivity contribution in [2.75, 3.05) is 12.0 Å². The normalized spacial score (nSPS) is 13.9. The van der Waals surface area contributed by atoms with E-state index in [-0.39, 0.29) is 11.6 Å². The summed E-state index contributed by atoms with van der Waals surface area (Å²) in [6.45, 7) is 1.74. The third-order valence-electron chi connectivity index (χ3n) is 2.43. The summed E-state index contributed by atoms with van der Waals surface area (Å²) >= 11 is 0. The van der Waals surface area contributed by atoms with Gasteiger partial charge in [-0.1, -0.05) is 6.07 Å². The molecule has 4 nitrogen and oxygen atoms in total. The Hall–Kier alpha value is -1.43. The average Bonchev–Trinajstić information content (AvgIpc) is 2.26. The minimum atomic E-state index is -0.929. The van der Waals surface area contributed by atoms with Crippen LogP contribution in [0.2, 0.25) is 0 Å². The lowest BCUT2D eigenvalue weighted by molar-refractivity contribution is 0.0932. The maximum Gasteiger partial charge on any atom is 0.258 e. The molecular weight excluding hydrogens is 257 g/mol. The Morgan fingerprint density at radius 3 is 2.78 bits per heavy atom. The lowest BCUT2D eigenvalue weighted by Crippen LogP contribution is -2.34. The number of halogens is 1. The number of carbonyl (C=O) groups is 1. The Balaban J connectivity index is 2.68. The lowest BCUT2D eigenvalue weighted by Gasteiger charge is -2.14. The van der Waals surface area contributed by atoms with Crippen molar-refractivity contribution in [3.8, 4) is 5.75 Å². The fourth-order valence-corrected chi connectivity index (χ4v) is 2.13. The molecule has 0 aliphatic heterocycles. The lowest BCUT2D eigenvalue weighted by atomic mass is 10.1. The second-order valence-corrected chi connectivity index (χ2v) is 5.63. The first-order valence-corrected chi connectivity index (χ1v) is 7.23. The van der Waals surface area contributed by atoms with Crippen molar-refractivity contribution < 1.29 is 18.5 Å². The molecular formula is C12H16FNO3S. The third kappa shape index (κ3) is 4.10. The van der Waals surface area contributed by atoms with Crippen LogP contribution in [-0.4, -0.2) is 33.3 Å². The quantitative estimate of drug-likeness (QED) is 0.852. The summed E-state index contributed by atoms with van der Waals surface area (Å²) in [4.78, 5) is 11.8. The van der Waals surface area contributed by atoms with E-state index < -0.39 is 28.3 Å². The number of phenols is 1. The highest BCUT2D eigenvalue weighted by atomic mass is 32.2. The summed E-state index contributed by atoms with van der Waals surface area (Å²) in [6, 6.07) is 3.45. The van der Waals surface area contributed by atoms with Crippen molar-refractivity contribution in [2.45, 2.75) is 19.4 Å². The molecule has 100 valence electrons. The van der Waals surface area contributed by atoms with E-state index in [1.54, 1.807) is 13.2 Å². The van der Waals surface area contributed by atoms with Crippen molar-refractivity contribution in [3.05, 3.63) is 29.6 Å². The Morgan fingerprint density at radius 2 is 2.22 bits per heavy atom. The molecule has 6 heteroatoms. The zero-order valence-electron chi connectivity index (χ0n) is 10.3. The number of phenolic OH excluding ortho intramolecular Hbond substituents is 1. The monoisotopic (exact) mass is 273 g/mol. The molecule has 0 radical (unpaired) electrons. The maximum atomic E-state index is 13.4. The van der Waals surface area contributed by atoms with Gasteiger partial charge in [0.1, 0.15) is 17.1 Å². The van der Waals surface area contributed by atoms with Gasteiger partial charge in [0.15, 0.2) is 0 Å².